The smallest absolute Gasteiger partial charge is 0.491 e. The molecule has 0 radical (unpaired) electrons. The van der Waals surface area contributed by atoms with Gasteiger partial charge >= 0.3 is 27.7 Å². The Balaban J connectivity index is 1.73. The summed E-state index contributed by atoms with van der Waals surface area (Å²) < 4.78 is 85.7. The third-order valence-corrected chi connectivity index (χ3v) is 9.21. The number of carbonyl (C=O) groups excluding carboxylic acids is 2. The highest BCUT2D eigenvalue weighted by Crippen LogP contribution is 2.39. The summed E-state index contributed by atoms with van der Waals surface area (Å²) in [6, 6.07) is 16.7. The van der Waals surface area contributed by atoms with E-state index in [-0.39, 0.29) is 37.4 Å². The number of fused-ring (bicyclic) bond motifs is 1. The van der Waals surface area contributed by atoms with Crippen LogP contribution in [0, 0.1) is 0 Å². The zero-order valence-corrected chi connectivity index (χ0v) is 30.9. The number of alkyl carbamates (subject to hydrolysis) is 1. The molecule has 2 heterocycles. The Hall–Kier alpha value is -4.57. The van der Waals surface area contributed by atoms with Crippen LogP contribution in [0.15, 0.2) is 66.9 Å². The molecule has 0 saturated heterocycles. The van der Waals surface area contributed by atoms with Gasteiger partial charge in [-0.15, -0.1) is 0 Å². The van der Waals surface area contributed by atoms with Crippen molar-refractivity contribution in [3.63, 3.8) is 0 Å². The van der Waals surface area contributed by atoms with E-state index < -0.39 is 58.1 Å². The number of nitrogens with zero attached hydrogens (tertiary/aromatic N) is 3. The van der Waals surface area contributed by atoms with Crippen LogP contribution in [0.3, 0.4) is 0 Å². The molecule has 2 amide bonds. The van der Waals surface area contributed by atoms with Crippen LogP contribution in [0.25, 0.3) is 0 Å². The molecule has 52 heavy (non-hydrogen) atoms. The minimum Gasteiger partial charge on any atom is -0.491 e. The Kier molecular flexibility index (Phi) is 12.7. The second-order valence-corrected chi connectivity index (χ2v) is 16.2. The van der Waals surface area contributed by atoms with Gasteiger partial charge < -0.3 is 24.4 Å². The number of sulfonamides is 1. The van der Waals surface area contributed by atoms with Gasteiger partial charge in [-0.25, -0.2) is 18.0 Å². The largest absolute Gasteiger partial charge is 0.511 e. The molecule has 0 spiro atoms. The fourth-order valence-corrected chi connectivity index (χ4v) is 6.48. The molecule has 3 aromatic rings. The molecule has 0 aliphatic carbocycles. The van der Waals surface area contributed by atoms with Crippen molar-refractivity contribution in [3.05, 3.63) is 83.7 Å². The Morgan fingerprint density at radius 2 is 1.60 bits per heavy atom. The van der Waals surface area contributed by atoms with Gasteiger partial charge in [0.05, 0.1) is 18.8 Å². The van der Waals surface area contributed by atoms with E-state index in [4.69, 9.17) is 14.2 Å². The molecule has 16 heteroatoms. The normalized spacial score (nSPS) is 15.6. The Labute approximate surface area is 302 Å². The van der Waals surface area contributed by atoms with Crippen molar-refractivity contribution >= 4 is 33.6 Å². The molecule has 12 nitrogen and oxygen atoms in total. The van der Waals surface area contributed by atoms with E-state index in [9.17, 15) is 31.2 Å². The first-order valence-electron chi connectivity index (χ1n) is 16.8. The topological polar surface area (TPSA) is 139 Å². The minimum atomic E-state index is -5.78. The lowest BCUT2D eigenvalue weighted by atomic mass is 10.0. The van der Waals surface area contributed by atoms with Crippen LogP contribution in [0.5, 0.6) is 5.75 Å². The van der Waals surface area contributed by atoms with E-state index >= 15 is 0 Å². The SMILES string of the molecule is CC(C)(C)OC(=O)NCCOc1cccc2c1CN(S(=O)(=O)C(F)(F)F)C[C@@H](CCc1ccccc1)N2Cc1cc(NC(=O)OC(C)(C)C)ccn1. The summed E-state index contributed by atoms with van der Waals surface area (Å²) in [5.74, 6) is 0.146. The fraction of sp³-hybridized carbons (Fsp3) is 0.472. The number of carbonyl (C=O) groups is 2. The number of rotatable bonds is 11. The third-order valence-electron chi connectivity index (χ3n) is 7.67. The highest BCUT2D eigenvalue weighted by Gasteiger charge is 2.51. The van der Waals surface area contributed by atoms with Gasteiger partial charge in [0.1, 0.15) is 23.6 Å². The molecule has 1 atom stereocenters. The van der Waals surface area contributed by atoms with Gasteiger partial charge in [0.15, 0.2) is 0 Å². The van der Waals surface area contributed by atoms with E-state index in [1.165, 1.54) is 12.3 Å². The summed E-state index contributed by atoms with van der Waals surface area (Å²) in [5.41, 5.74) is -4.61. The van der Waals surface area contributed by atoms with Crippen LogP contribution >= 0.6 is 0 Å². The number of pyridine rings is 1. The number of aryl methyl sites for hydroxylation is 1. The lowest BCUT2D eigenvalue weighted by molar-refractivity contribution is -0.0492. The summed E-state index contributed by atoms with van der Waals surface area (Å²) in [7, 11) is -5.78. The number of hydrogen-bond donors (Lipinski definition) is 2. The monoisotopic (exact) mass is 749 g/mol. The number of alkyl halides is 3. The molecule has 0 fully saturated rings. The molecule has 284 valence electrons. The van der Waals surface area contributed by atoms with Crippen molar-refractivity contribution in [1.82, 2.24) is 14.6 Å². The lowest BCUT2D eigenvalue weighted by Crippen LogP contribution is -2.47. The maximum atomic E-state index is 14.2. The summed E-state index contributed by atoms with van der Waals surface area (Å²) in [6.45, 7) is 9.18. The number of aromatic nitrogens is 1. The molecule has 4 rings (SSSR count). The van der Waals surface area contributed by atoms with Gasteiger partial charge in [-0.1, -0.05) is 36.4 Å². The average molecular weight is 750 g/mol. The Morgan fingerprint density at radius 3 is 2.25 bits per heavy atom. The van der Waals surface area contributed by atoms with E-state index in [2.05, 4.69) is 15.6 Å². The van der Waals surface area contributed by atoms with Crippen molar-refractivity contribution in [2.24, 2.45) is 0 Å². The van der Waals surface area contributed by atoms with E-state index in [0.717, 1.165) is 5.56 Å². The van der Waals surface area contributed by atoms with Crippen molar-refractivity contribution in [2.75, 3.05) is 29.9 Å². The number of halogens is 3. The van der Waals surface area contributed by atoms with Gasteiger partial charge in [0, 0.05) is 42.3 Å². The quantitative estimate of drug-likeness (QED) is 0.198. The van der Waals surface area contributed by atoms with Crippen molar-refractivity contribution in [1.29, 1.82) is 0 Å². The molecule has 1 aliphatic rings. The van der Waals surface area contributed by atoms with Crippen molar-refractivity contribution < 1.29 is 45.4 Å². The lowest BCUT2D eigenvalue weighted by Gasteiger charge is -2.34. The van der Waals surface area contributed by atoms with E-state index in [0.29, 0.717) is 27.8 Å². The standard InChI is InChI=1S/C36H46F3N5O7S/c1-34(2,3)50-32(45)41-19-20-49-31-14-10-13-30-29(31)24-43(52(47,48)36(37,38)39)23-28(16-15-25-11-8-7-9-12-25)44(30)22-27-21-26(17-18-40-27)42-33(46)51-35(4,5)6/h7-14,17-18,21,28H,15-16,19-20,22-24H2,1-6H3,(H,41,45)(H,40,42,46)/t28-/m1/s1. The van der Waals surface area contributed by atoms with Crippen molar-refractivity contribution in [3.8, 4) is 5.75 Å². The van der Waals surface area contributed by atoms with Crippen LogP contribution in [-0.4, -0.2) is 72.3 Å². The maximum Gasteiger partial charge on any atom is 0.511 e. The van der Waals surface area contributed by atoms with Gasteiger partial charge in [0.25, 0.3) is 0 Å². The second kappa shape index (κ2) is 16.4. The van der Waals surface area contributed by atoms with Gasteiger partial charge in [-0.3, -0.25) is 10.3 Å². The van der Waals surface area contributed by atoms with Crippen molar-refractivity contribution in [2.45, 2.75) is 90.2 Å². The zero-order valence-electron chi connectivity index (χ0n) is 30.1. The molecular weight excluding hydrogens is 703 g/mol. The molecule has 2 N–H and O–H groups in total. The fourth-order valence-electron chi connectivity index (χ4n) is 5.52. The number of anilines is 2. The Morgan fingerprint density at radius 1 is 0.923 bits per heavy atom. The number of benzene rings is 2. The van der Waals surface area contributed by atoms with E-state index in [1.807, 2.05) is 35.2 Å². The number of ether oxygens (including phenoxy) is 3. The molecule has 0 bridgehead atoms. The molecular formula is C36H46F3N5O7S. The van der Waals surface area contributed by atoms with E-state index in [1.54, 1.807) is 65.8 Å². The first-order valence-corrected chi connectivity index (χ1v) is 18.2. The van der Waals surface area contributed by atoms with Crippen LogP contribution in [0.1, 0.15) is 64.8 Å². The second-order valence-electron chi connectivity index (χ2n) is 14.2. The van der Waals surface area contributed by atoms with Gasteiger partial charge in [0.2, 0.25) is 0 Å². The summed E-state index contributed by atoms with van der Waals surface area (Å²) in [4.78, 5) is 31.0. The molecule has 1 aromatic heterocycles. The predicted molar refractivity (Wildman–Crippen MR) is 190 cm³/mol. The highest BCUT2D eigenvalue weighted by molar-refractivity contribution is 7.89. The minimum absolute atomic E-state index is 0.00786. The average Bonchev–Trinajstić information content (AvgIpc) is 3.18. The first-order chi connectivity index (χ1) is 24.2. The molecule has 0 saturated carbocycles. The first kappa shape index (κ1) is 40.2. The summed E-state index contributed by atoms with van der Waals surface area (Å²) in [5, 5.41) is 5.24. The van der Waals surface area contributed by atoms with Crippen LogP contribution in [-0.2, 0) is 39.0 Å². The molecule has 1 aliphatic heterocycles. The van der Waals surface area contributed by atoms with Gasteiger partial charge in [-0.2, -0.15) is 17.5 Å². The highest BCUT2D eigenvalue weighted by atomic mass is 32.2. The van der Waals surface area contributed by atoms with Crippen LogP contribution in [0.4, 0.5) is 34.1 Å². The zero-order chi connectivity index (χ0) is 38.3. The van der Waals surface area contributed by atoms with Gasteiger partial charge in [-0.05, 0) is 84.2 Å². The maximum absolute atomic E-state index is 14.2. The third kappa shape index (κ3) is 11.5. The number of nitrogens with one attached hydrogen (secondary N) is 2. The van der Waals surface area contributed by atoms with Crippen LogP contribution < -0.4 is 20.3 Å². The Bertz CT molecular complexity index is 1800. The number of amides is 2. The molecule has 2 aromatic carbocycles. The summed E-state index contributed by atoms with van der Waals surface area (Å²) >= 11 is 0. The molecule has 0 unspecified atom stereocenters. The number of hydrogen-bond acceptors (Lipinski definition) is 9. The predicted octanol–water partition coefficient (Wildman–Crippen LogP) is 7.01. The van der Waals surface area contributed by atoms with Crippen LogP contribution in [0.2, 0.25) is 0 Å². The summed E-state index contributed by atoms with van der Waals surface area (Å²) in [6.07, 6.45) is 0.860.